The van der Waals surface area contributed by atoms with Crippen molar-refractivity contribution in [2.75, 3.05) is 6.61 Å². The molecule has 6 nitrogen and oxygen atoms in total. The van der Waals surface area contributed by atoms with E-state index in [1.54, 1.807) is 6.92 Å². The number of ether oxygens (including phenoxy) is 2. The van der Waals surface area contributed by atoms with Gasteiger partial charge in [0.25, 0.3) is 5.69 Å². The average molecular weight is 324 g/mol. The molecule has 0 aromatic heterocycles. The van der Waals surface area contributed by atoms with Gasteiger partial charge in [0, 0.05) is 11.1 Å². The predicted octanol–water partition coefficient (Wildman–Crippen LogP) is 3.04. The van der Waals surface area contributed by atoms with E-state index in [0.29, 0.717) is 0 Å². The number of carbonyl (C=O) groups is 1. The lowest BCUT2D eigenvalue weighted by Crippen LogP contribution is -2.11. The molecule has 0 atom stereocenters. The monoisotopic (exact) mass is 323 g/mol. The number of halogens is 3. The number of nitro groups is 1. The second kappa shape index (κ2) is 7.72. The summed E-state index contributed by atoms with van der Waals surface area (Å²) in [6.07, 6.45) is -0.358. The molecule has 1 rings (SSSR count). The first-order valence-electron chi connectivity index (χ1n) is 5.85. The molecule has 0 spiro atoms. The fourth-order valence-corrected chi connectivity index (χ4v) is 1.86. The Kier molecular flexibility index (Phi) is 6.29. The van der Waals surface area contributed by atoms with Crippen molar-refractivity contribution in [3.63, 3.8) is 0 Å². The lowest BCUT2D eigenvalue weighted by molar-refractivity contribution is -0.385. The molecule has 0 radical (unpaired) electrons. The van der Waals surface area contributed by atoms with Gasteiger partial charge in [-0.2, -0.15) is 8.78 Å². The second-order valence-corrected chi connectivity index (χ2v) is 4.11. The topological polar surface area (TPSA) is 78.7 Å². The predicted molar refractivity (Wildman–Crippen MR) is 69.6 cm³/mol. The van der Waals surface area contributed by atoms with Crippen LogP contribution in [-0.2, 0) is 21.8 Å². The molecule has 0 aliphatic rings. The van der Waals surface area contributed by atoms with E-state index in [4.69, 9.17) is 16.3 Å². The van der Waals surface area contributed by atoms with Gasteiger partial charge in [-0.15, -0.1) is 11.6 Å². The molecule has 116 valence electrons. The van der Waals surface area contributed by atoms with E-state index in [0.717, 1.165) is 6.07 Å². The van der Waals surface area contributed by atoms with Crippen LogP contribution in [-0.4, -0.2) is 24.1 Å². The van der Waals surface area contributed by atoms with Crippen LogP contribution in [0.5, 0.6) is 5.75 Å². The third-order valence-corrected chi connectivity index (χ3v) is 2.75. The molecule has 1 aromatic rings. The van der Waals surface area contributed by atoms with E-state index in [2.05, 4.69) is 4.74 Å². The first kappa shape index (κ1) is 17.1. The van der Waals surface area contributed by atoms with Crippen molar-refractivity contribution >= 4 is 23.3 Å². The normalized spacial score (nSPS) is 10.5. The number of esters is 1. The quantitative estimate of drug-likeness (QED) is 0.333. The van der Waals surface area contributed by atoms with Crippen molar-refractivity contribution < 1.29 is 28.0 Å². The van der Waals surface area contributed by atoms with Crippen molar-refractivity contribution in [2.24, 2.45) is 0 Å². The molecule has 21 heavy (non-hydrogen) atoms. The molecule has 0 unspecified atom stereocenters. The van der Waals surface area contributed by atoms with Crippen molar-refractivity contribution in [2.45, 2.75) is 25.8 Å². The second-order valence-electron chi connectivity index (χ2n) is 3.84. The van der Waals surface area contributed by atoms with Crippen LogP contribution in [0, 0.1) is 10.1 Å². The van der Waals surface area contributed by atoms with Gasteiger partial charge in [0.2, 0.25) is 0 Å². The molecule has 0 aliphatic carbocycles. The van der Waals surface area contributed by atoms with Gasteiger partial charge < -0.3 is 9.47 Å². The number of benzene rings is 1. The zero-order chi connectivity index (χ0) is 16.0. The number of nitrogens with zero attached hydrogens (tertiary/aromatic N) is 1. The Morgan fingerprint density at radius 3 is 2.57 bits per heavy atom. The van der Waals surface area contributed by atoms with E-state index >= 15 is 0 Å². The lowest BCUT2D eigenvalue weighted by atomic mass is 10.1. The summed E-state index contributed by atoms with van der Waals surface area (Å²) in [4.78, 5) is 21.6. The molecular formula is C12H12ClF2NO5. The Morgan fingerprint density at radius 1 is 1.43 bits per heavy atom. The van der Waals surface area contributed by atoms with Gasteiger partial charge in [-0.25, -0.2) is 0 Å². The maximum atomic E-state index is 12.3. The summed E-state index contributed by atoms with van der Waals surface area (Å²) in [5, 5.41) is 11.0. The summed E-state index contributed by atoms with van der Waals surface area (Å²) in [6, 6.07) is 2.03. The number of hydrogen-bond acceptors (Lipinski definition) is 5. The Balaban J connectivity index is 3.22. The smallest absolute Gasteiger partial charge is 0.387 e. The Labute approximate surface area is 123 Å². The van der Waals surface area contributed by atoms with Gasteiger partial charge in [0.1, 0.15) is 5.75 Å². The zero-order valence-corrected chi connectivity index (χ0v) is 11.7. The number of rotatable bonds is 7. The maximum absolute atomic E-state index is 12.3. The summed E-state index contributed by atoms with van der Waals surface area (Å²) < 4.78 is 33.4. The first-order valence-corrected chi connectivity index (χ1v) is 6.39. The Morgan fingerprint density at radius 2 is 2.10 bits per heavy atom. The van der Waals surface area contributed by atoms with Crippen molar-refractivity contribution in [3.05, 3.63) is 33.4 Å². The Bertz CT molecular complexity index is 539. The molecule has 0 saturated carbocycles. The molecule has 0 saturated heterocycles. The highest BCUT2D eigenvalue weighted by atomic mass is 35.5. The number of carbonyl (C=O) groups excluding carboxylic acids is 1. The summed E-state index contributed by atoms with van der Waals surface area (Å²) >= 11 is 5.61. The van der Waals surface area contributed by atoms with E-state index in [1.807, 2.05) is 0 Å². The number of alkyl halides is 3. The van der Waals surface area contributed by atoms with Crippen molar-refractivity contribution in [1.29, 1.82) is 0 Å². The molecule has 0 aliphatic heterocycles. The molecule has 0 bridgehead atoms. The minimum atomic E-state index is -3.14. The lowest BCUT2D eigenvalue weighted by Gasteiger charge is -2.11. The van der Waals surface area contributed by atoms with Gasteiger partial charge in [-0.3, -0.25) is 14.9 Å². The number of hydrogen-bond donors (Lipinski definition) is 0. The third kappa shape index (κ3) is 4.82. The van der Waals surface area contributed by atoms with E-state index in [9.17, 15) is 23.7 Å². The minimum Gasteiger partial charge on any atom is -0.466 e. The van der Waals surface area contributed by atoms with Crippen LogP contribution in [0.1, 0.15) is 18.1 Å². The van der Waals surface area contributed by atoms with Gasteiger partial charge in [0.15, 0.2) is 0 Å². The van der Waals surface area contributed by atoms with Crippen LogP contribution in [0.3, 0.4) is 0 Å². The van der Waals surface area contributed by atoms with Crippen LogP contribution < -0.4 is 4.74 Å². The van der Waals surface area contributed by atoms with E-state index in [1.165, 1.54) is 6.07 Å². The van der Waals surface area contributed by atoms with E-state index < -0.39 is 23.2 Å². The highest BCUT2D eigenvalue weighted by Gasteiger charge is 2.22. The van der Waals surface area contributed by atoms with Gasteiger partial charge in [-0.05, 0) is 13.0 Å². The first-order chi connectivity index (χ1) is 9.88. The zero-order valence-electron chi connectivity index (χ0n) is 11.0. The molecule has 0 amide bonds. The van der Waals surface area contributed by atoms with Gasteiger partial charge >= 0.3 is 12.6 Å². The SMILES string of the molecule is CCOC(=O)Cc1cc(CCl)c(OC(F)F)cc1[N+](=O)[O-]. The van der Waals surface area contributed by atoms with Gasteiger partial charge in [-0.1, -0.05) is 0 Å². The Hall–Kier alpha value is -1.96. The summed E-state index contributed by atoms with van der Waals surface area (Å²) in [7, 11) is 0. The fourth-order valence-electron chi connectivity index (χ4n) is 1.65. The van der Waals surface area contributed by atoms with Crippen LogP contribution in [0.15, 0.2) is 12.1 Å². The van der Waals surface area contributed by atoms with Crippen LogP contribution in [0.25, 0.3) is 0 Å². The maximum Gasteiger partial charge on any atom is 0.387 e. The average Bonchev–Trinajstić information content (AvgIpc) is 2.39. The van der Waals surface area contributed by atoms with Crippen LogP contribution >= 0.6 is 11.6 Å². The van der Waals surface area contributed by atoms with Crippen molar-refractivity contribution in [3.8, 4) is 5.75 Å². The molecule has 0 heterocycles. The highest BCUT2D eigenvalue weighted by molar-refractivity contribution is 6.17. The summed E-state index contributed by atoms with van der Waals surface area (Å²) in [5.74, 6) is -1.25. The molecule has 0 fully saturated rings. The fraction of sp³-hybridized carbons (Fsp3) is 0.417. The standard InChI is InChI=1S/C12H12ClF2NO5/c1-2-20-11(17)4-7-3-8(6-13)10(21-12(14)15)5-9(7)16(18)19/h3,5,12H,2,4,6H2,1H3. The van der Waals surface area contributed by atoms with Gasteiger partial charge in [0.05, 0.1) is 29.9 Å². The largest absolute Gasteiger partial charge is 0.466 e. The van der Waals surface area contributed by atoms with Crippen LogP contribution in [0.4, 0.5) is 14.5 Å². The van der Waals surface area contributed by atoms with E-state index in [-0.39, 0.29) is 35.8 Å². The molecular weight excluding hydrogens is 312 g/mol. The van der Waals surface area contributed by atoms with Crippen LogP contribution in [0.2, 0.25) is 0 Å². The molecule has 0 N–H and O–H groups in total. The molecule has 9 heteroatoms. The third-order valence-electron chi connectivity index (χ3n) is 2.46. The summed E-state index contributed by atoms with van der Waals surface area (Å²) in [6.45, 7) is -1.42. The number of nitro benzene ring substituents is 1. The highest BCUT2D eigenvalue weighted by Crippen LogP contribution is 2.31. The minimum absolute atomic E-state index is 0.0238. The summed E-state index contributed by atoms with van der Waals surface area (Å²) in [5.41, 5.74) is -0.356. The molecule has 1 aromatic carbocycles. The van der Waals surface area contributed by atoms with Crippen molar-refractivity contribution in [1.82, 2.24) is 0 Å².